The molecule has 19 heteroatoms. The Morgan fingerprint density at radius 3 is 0.633 bits per heavy atom. The minimum atomic E-state index is -4.96. The summed E-state index contributed by atoms with van der Waals surface area (Å²) in [6, 6.07) is 0. The van der Waals surface area contributed by atoms with E-state index in [1.54, 1.807) is 0 Å². The Kier molecular flexibility index (Phi) is 66.8. The van der Waals surface area contributed by atoms with Gasteiger partial charge in [-0.2, -0.15) is 0 Å². The molecule has 0 aromatic heterocycles. The molecule has 5 atom stereocenters. The maximum absolute atomic E-state index is 13.1. The quantitative estimate of drug-likeness (QED) is 0.0222. The number of ether oxygens (including phenoxy) is 4. The molecule has 0 bridgehead atoms. The summed E-state index contributed by atoms with van der Waals surface area (Å²) in [4.78, 5) is 72.9. The van der Waals surface area contributed by atoms with Crippen LogP contribution in [-0.4, -0.2) is 96.7 Å². The van der Waals surface area contributed by atoms with Gasteiger partial charge in [-0.05, 0) is 49.4 Å². The molecule has 17 nitrogen and oxygen atoms in total. The van der Waals surface area contributed by atoms with Gasteiger partial charge >= 0.3 is 39.5 Å². The van der Waals surface area contributed by atoms with E-state index in [0.717, 1.165) is 114 Å². The normalized spacial score (nSPS) is 14.1. The molecule has 0 aromatic carbocycles. The van der Waals surface area contributed by atoms with Crippen molar-refractivity contribution in [2.45, 2.75) is 420 Å². The summed E-state index contributed by atoms with van der Waals surface area (Å²) < 4.78 is 68.6. The molecular formula is C79H154O17P2. The van der Waals surface area contributed by atoms with Gasteiger partial charge in [0.2, 0.25) is 0 Å². The number of aliphatic hydroxyl groups is 1. The molecule has 0 fully saturated rings. The van der Waals surface area contributed by atoms with E-state index < -0.39 is 97.5 Å². The average molecular weight is 1440 g/mol. The number of esters is 4. The van der Waals surface area contributed by atoms with Crippen LogP contribution in [0.1, 0.15) is 402 Å². The van der Waals surface area contributed by atoms with Crippen LogP contribution < -0.4 is 0 Å². The summed E-state index contributed by atoms with van der Waals surface area (Å²) in [5.74, 6) is 0.945. The topological polar surface area (TPSA) is 237 Å². The van der Waals surface area contributed by atoms with Gasteiger partial charge < -0.3 is 33.8 Å². The average Bonchev–Trinajstić information content (AvgIpc) is 0.994. The predicted octanol–water partition coefficient (Wildman–Crippen LogP) is 23.2. The zero-order valence-corrected chi connectivity index (χ0v) is 66.2. The van der Waals surface area contributed by atoms with Crippen LogP contribution in [0.5, 0.6) is 0 Å². The third-order valence-corrected chi connectivity index (χ3v) is 20.2. The van der Waals surface area contributed by atoms with Crippen molar-refractivity contribution in [3.63, 3.8) is 0 Å². The molecular weight excluding hydrogens is 1280 g/mol. The van der Waals surface area contributed by atoms with E-state index in [1.807, 2.05) is 0 Å². The number of phosphoric ester groups is 2. The Bertz CT molecular complexity index is 1920. The van der Waals surface area contributed by atoms with Crippen molar-refractivity contribution < 1.29 is 80.2 Å². The second-order valence-electron chi connectivity index (χ2n) is 30.4. The number of phosphoric acid groups is 2. The smallest absolute Gasteiger partial charge is 0.462 e. The van der Waals surface area contributed by atoms with Crippen molar-refractivity contribution in [3.05, 3.63) is 0 Å². The van der Waals surface area contributed by atoms with Crippen LogP contribution in [0.25, 0.3) is 0 Å². The van der Waals surface area contributed by atoms with Gasteiger partial charge in [0.25, 0.3) is 0 Å². The molecule has 582 valence electrons. The highest BCUT2D eigenvalue weighted by Crippen LogP contribution is 2.45. The number of carbonyl (C=O) groups excluding carboxylic acids is 4. The third-order valence-electron chi connectivity index (χ3n) is 18.3. The predicted molar refractivity (Wildman–Crippen MR) is 400 cm³/mol. The minimum absolute atomic E-state index is 0.106. The van der Waals surface area contributed by atoms with Crippen LogP contribution in [0.4, 0.5) is 0 Å². The Balaban J connectivity index is 5.24. The van der Waals surface area contributed by atoms with Gasteiger partial charge in [-0.15, -0.1) is 0 Å². The van der Waals surface area contributed by atoms with Crippen molar-refractivity contribution in [2.24, 2.45) is 23.7 Å². The molecule has 0 aliphatic carbocycles. The summed E-state index contributed by atoms with van der Waals surface area (Å²) in [6.07, 6.45) is 54.2. The van der Waals surface area contributed by atoms with Crippen molar-refractivity contribution in [2.75, 3.05) is 39.6 Å². The summed E-state index contributed by atoms with van der Waals surface area (Å²) in [5, 5.41) is 10.6. The van der Waals surface area contributed by atoms with E-state index >= 15 is 0 Å². The molecule has 3 unspecified atom stereocenters. The minimum Gasteiger partial charge on any atom is -0.462 e. The number of carbonyl (C=O) groups is 4. The van der Waals surface area contributed by atoms with E-state index in [-0.39, 0.29) is 25.7 Å². The fourth-order valence-electron chi connectivity index (χ4n) is 12.1. The Morgan fingerprint density at radius 1 is 0.255 bits per heavy atom. The SMILES string of the molecule is CC(C)CCCCCCCCCCCCCCCCCCC(=O)O[C@H](COC(=O)CCCCCCCCCCCCCC(C)C)COP(=O)(O)OCC(O)COP(=O)(O)OC[C@@H](COC(=O)CCCCCCCCCC(C)C)OC(=O)CCCCCCCCCCCCCCC(C)C. The van der Waals surface area contributed by atoms with Crippen LogP contribution in [0.15, 0.2) is 0 Å². The van der Waals surface area contributed by atoms with Crippen LogP contribution >= 0.6 is 15.6 Å². The lowest BCUT2D eigenvalue weighted by atomic mass is 10.0. The monoisotopic (exact) mass is 1440 g/mol. The third kappa shape index (κ3) is 72.4. The number of hydrogen-bond acceptors (Lipinski definition) is 15. The molecule has 0 aliphatic rings. The van der Waals surface area contributed by atoms with E-state index in [0.29, 0.717) is 31.6 Å². The molecule has 0 heterocycles. The first-order valence-corrected chi connectivity index (χ1v) is 43.7. The van der Waals surface area contributed by atoms with Gasteiger partial charge in [0, 0.05) is 25.7 Å². The van der Waals surface area contributed by atoms with Crippen molar-refractivity contribution in [1.29, 1.82) is 0 Å². The zero-order chi connectivity index (χ0) is 72.4. The lowest BCUT2D eigenvalue weighted by molar-refractivity contribution is -0.161. The van der Waals surface area contributed by atoms with Crippen LogP contribution in [0, 0.1) is 23.7 Å². The molecule has 0 aliphatic heterocycles. The lowest BCUT2D eigenvalue weighted by Gasteiger charge is -2.21. The fourth-order valence-corrected chi connectivity index (χ4v) is 13.7. The standard InChI is InChI=1S/C79H154O17P2/c1-69(2)55-47-39-31-24-18-13-11-9-10-12-14-21-28-36-45-53-61-78(83)95-74(65-89-76(81)59-51-43-35-27-23-17-20-26-33-41-49-57-71(5)6)67-93-97(85,86)91-63-73(80)64-92-98(87,88)94-68-75(66-90-77(82)60-52-44-38-30-34-42-50-58-72(7)8)96-79(84)62-54-46-37-29-22-16-15-19-25-32-40-48-56-70(3)4/h69-75,80H,9-68H2,1-8H3,(H,85,86)(H,87,88)/t73?,74-,75-/m1/s1. The molecule has 0 aromatic rings. The first-order valence-electron chi connectivity index (χ1n) is 40.7. The highest BCUT2D eigenvalue weighted by Gasteiger charge is 2.30. The van der Waals surface area contributed by atoms with Crippen molar-refractivity contribution in [3.8, 4) is 0 Å². The molecule has 98 heavy (non-hydrogen) atoms. The first kappa shape index (κ1) is 96.1. The van der Waals surface area contributed by atoms with E-state index in [2.05, 4.69) is 55.4 Å². The van der Waals surface area contributed by atoms with Gasteiger partial charge in [0.05, 0.1) is 26.4 Å². The summed E-state index contributed by atoms with van der Waals surface area (Å²) >= 11 is 0. The highest BCUT2D eigenvalue weighted by atomic mass is 31.2. The number of rotatable bonds is 76. The summed E-state index contributed by atoms with van der Waals surface area (Å²) in [6.45, 7) is 14.2. The van der Waals surface area contributed by atoms with E-state index in [9.17, 15) is 43.2 Å². The largest absolute Gasteiger partial charge is 0.472 e. The second-order valence-corrected chi connectivity index (χ2v) is 33.3. The lowest BCUT2D eigenvalue weighted by Crippen LogP contribution is -2.30. The summed E-state index contributed by atoms with van der Waals surface area (Å²) in [5.41, 5.74) is 0. The second kappa shape index (κ2) is 68.2. The van der Waals surface area contributed by atoms with Gasteiger partial charge in [-0.1, -0.05) is 351 Å². The first-order chi connectivity index (χ1) is 47.1. The van der Waals surface area contributed by atoms with Crippen molar-refractivity contribution >= 4 is 39.5 Å². The highest BCUT2D eigenvalue weighted by molar-refractivity contribution is 7.47. The van der Waals surface area contributed by atoms with Gasteiger partial charge in [0.1, 0.15) is 19.3 Å². The van der Waals surface area contributed by atoms with Crippen LogP contribution in [0.2, 0.25) is 0 Å². The fraction of sp³-hybridized carbons (Fsp3) is 0.949. The number of hydrogen-bond donors (Lipinski definition) is 3. The van der Waals surface area contributed by atoms with Crippen LogP contribution in [-0.2, 0) is 65.4 Å². The Hall–Kier alpha value is -1.94. The summed E-state index contributed by atoms with van der Waals surface area (Å²) in [7, 11) is -9.92. The Labute approximate surface area is 600 Å². The zero-order valence-electron chi connectivity index (χ0n) is 64.4. The van der Waals surface area contributed by atoms with E-state index in [1.165, 1.54) is 199 Å². The number of unbranched alkanes of at least 4 members (excludes halogenated alkanes) is 42. The maximum atomic E-state index is 13.1. The molecule has 0 saturated heterocycles. The number of aliphatic hydroxyl groups excluding tert-OH is 1. The van der Waals surface area contributed by atoms with Crippen molar-refractivity contribution in [1.82, 2.24) is 0 Å². The van der Waals surface area contributed by atoms with Gasteiger partial charge in [0.15, 0.2) is 12.2 Å². The van der Waals surface area contributed by atoms with Crippen LogP contribution in [0.3, 0.4) is 0 Å². The molecule has 3 N–H and O–H groups in total. The maximum Gasteiger partial charge on any atom is 0.472 e. The molecule has 0 saturated carbocycles. The molecule has 0 amide bonds. The van der Waals surface area contributed by atoms with E-state index in [4.69, 9.17) is 37.0 Å². The molecule has 0 radical (unpaired) electrons. The van der Waals surface area contributed by atoms with Gasteiger partial charge in [-0.3, -0.25) is 37.3 Å². The molecule has 0 rings (SSSR count). The van der Waals surface area contributed by atoms with Gasteiger partial charge in [-0.25, -0.2) is 9.13 Å². The Morgan fingerprint density at radius 2 is 0.429 bits per heavy atom. The molecule has 0 spiro atoms.